The van der Waals surface area contributed by atoms with Gasteiger partial charge in [-0.25, -0.2) is 4.98 Å². The molecule has 1 N–H and O–H groups in total. The number of nitrogens with one attached hydrogen (secondary N) is 1. The summed E-state index contributed by atoms with van der Waals surface area (Å²) in [6, 6.07) is 10.6. The van der Waals surface area contributed by atoms with E-state index in [4.69, 9.17) is 9.47 Å². The Morgan fingerprint density at radius 1 is 1.24 bits per heavy atom. The fourth-order valence-electron chi connectivity index (χ4n) is 2.99. The molecule has 148 valence electrons. The first kappa shape index (κ1) is 18.9. The van der Waals surface area contributed by atoms with E-state index in [-0.39, 0.29) is 17.8 Å². The van der Waals surface area contributed by atoms with Crippen molar-refractivity contribution in [3.8, 4) is 22.1 Å². The number of carbonyl (C=O) groups is 1. The summed E-state index contributed by atoms with van der Waals surface area (Å²) in [5.74, 6) is 0.265. The van der Waals surface area contributed by atoms with Gasteiger partial charge in [-0.05, 0) is 13.0 Å². The average Bonchev–Trinajstić information content (AvgIpc) is 3.15. The third kappa shape index (κ3) is 4.19. The molecule has 0 radical (unpaired) electrons. The Bertz CT molecular complexity index is 1100. The zero-order valence-corrected chi connectivity index (χ0v) is 16.3. The third-order valence-corrected chi connectivity index (χ3v) is 5.23. The van der Waals surface area contributed by atoms with Gasteiger partial charge in [0.25, 0.3) is 5.69 Å². The molecule has 0 unspecified atom stereocenters. The lowest BCUT2D eigenvalue weighted by atomic mass is 10.1. The molecule has 1 aliphatic heterocycles. The van der Waals surface area contributed by atoms with E-state index >= 15 is 0 Å². The van der Waals surface area contributed by atoms with Crippen LogP contribution in [-0.2, 0) is 11.2 Å². The maximum Gasteiger partial charge on any atom is 0.296 e. The Hall–Kier alpha value is -3.46. The van der Waals surface area contributed by atoms with Crippen LogP contribution in [0.1, 0.15) is 11.3 Å². The van der Waals surface area contributed by atoms with Crippen molar-refractivity contribution in [3.05, 3.63) is 63.1 Å². The van der Waals surface area contributed by atoms with Crippen LogP contribution in [0, 0.1) is 17.0 Å². The molecule has 0 bridgehead atoms. The molecular weight excluding hydrogens is 394 g/mol. The summed E-state index contributed by atoms with van der Waals surface area (Å²) in [5.41, 5.74) is 2.54. The molecule has 1 aromatic heterocycles. The van der Waals surface area contributed by atoms with Crippen LogP contribution in [0.5, 0.6) is 11.5 Å². The Balaban J connectivity index is 1.51. The van der Waals surface area contributed by atoms with Gasteiger partial charge in [-0.2, -0.15) is 0 Å². The van der Waals surface area contributed by atoms with Crippen LogP contribution in [0.2, 0.25) is 0 Å². The summed E-state index contributed by atoms with van der Waals surface area (Å²) >= 11 is 1.45. The van der Waals surface area contributed by atoms with Crippen molar-refractivity contribution in [2.45, 2.75) is 13.3 Å². The van der Waals surface area contributed by atoms with Crippen molar-refractivity contribution in [1.29, 1.82) is 0 Å². The molecule has 0 spiro atoms. The van der Waals surface area contributed by atoms with Crippen LogP contribution < -0.4 is 14.8 Å². The molecule has 4 rings (SSSR count). The number of carbonyl (C=O) groups excluding carboxylic acids is 1. The molecular formula is C20H17N3O5S. The number of ether oxygens (including phenoxy) is 2. The second kappa shape index (κ2) is 7.88. The molecule has 0 fully saturated rings. The van der Waals surface area contributed by atoms with E-state index in [9.17, 15) is 14.9 Å². The predicted molar refractivity (Wildman–Crippen MR) is 109 cm³/mol. The number of nitro groups is 1. The van der Waals surface area contributed by atoms with Gasteiger partial charge in [0.15, 0.2) is 11.5 Å². The van der Waals surface area contributed by atoms with Crippen LogP contribution in [0.25, 0.3) is 10.6 Å². The molecule has 2 heterocycles. The number of aryl methyl sites for hydroxylation is 1. The van der Waals surface area contributed by atoms with Crippen LogP contribution in [-0.4, -0.2) is 29.0 Å². The minimum Gasteiger partial charge on any atom is -0.486 e. The number of hydrogen-bond donors (Lipinski definition) is 1. The van der Waals surface area contributed by atoms with Crippen molar-refractivity contribution in [2.24, 2.45) is 0 Å². The van der Waals surface area contributed by atoms with Crippen LogP contribution >= 0.6 is 11.3 Å². The highest BCUT2D eigenvalue weighted by Gasteiger charge is 2.23. The molecule has 29 heavy (non-hydrogen) atoms. The van der Waals surface area contributed by atoms with Crippen molar-refractivity contribution >= 4 is 28.6 Å². The topological polar surface area (TPSA) is 104 Å². The van der Waals surface area contributed by atoms with Crippen molar-refractivity contribution in [3.63, 3.8) is 0 Å². The average molecular weight is 411 g/mol. The minimum absolute atomic E-state index is 0.00785. The fourth-order valence-corrected chi connectivity index (χ4v) is 3.80. The Morgan fingerprint density at radius 2 is 2.00 bits per heavy atom. The Labute approximate surface area is 170 Å². The largest absolute Gasteiger partial charge is 0.486 e. The SMILES string of the molecule is Cc1cccc(-c2nc(CC(=O)Nc3cc4c(cc3[N+](=O)[O-])OCCO4)cs2)c1. The van der Waals surface area contributed by atoms with Gasteiger partial charge >= 0.3 is 0 Å². The minimum atomic E-state index is -0.563. The lowest BCUT2D eigenvalue weighted by molar-refractivity contribution is -0.384. The highest BCUT2D eigenvalue weighted by molar-refractivity contribution is 7.13. The number of anilines is 1. The maximum atomic E-state index is 12.5. The van der Waals surface area contributed by atoms with E-state index in [2.05, 4.69) is 10.3 Å². The Kier molecular flexibility index (Phi) is 5.13. The third-order valence-electron chi connectivity index (χ3n) is 4.29. The predicted octanol–water partition coefficient (Wildman–Crippen LogP) is 3.98. The highest BCUT2D eigenvalue weighted by Crippen LogP contribution is 2.39. The van der Waals surface area contributed by atoms with Crippen molar-refractivity contribution in [1.82, 2.24) is 4.98 Å². The molecule has 2 aromatic carbocycles. The lowest BCUT2D eigenvalue weighted by Gasteiger charge is -2.19. The summed E-state index contributed by atoms with van der Waals surface area (Å²) in [5, 5.41) is 16.6. The number of rotatable bonds is 5. The van der Waals surface area contributed by atoms with Gasteiger partial charge in [0.05, 0.1) is 23.1 Å². The van der Waals surface area contributed by atoms with Gasteiger partial charge < -0.3 is 14.8 Å². The second-order valence-electron chi connectivity index (χ2n) is 6.51. The van der Waals surface area contributed by atoms with Gasteiger partial charge in [0.1, 0.15) is 23.9 Å². The zero-order valence-electron chi connectivity index (χ0n) is 15.5. The summed E-state index contributed by atoms with van der Waals surface area (Å²) < 4.78 is 10.8. The van der Waals surface area contributed by atoms with Gasteiger partial charge in [-0.1, -0.05) is 23.8 Å². The number of nitrogens with zero attached hydrogens (tertiary/aromatic N) is 2. The highest BCUT2D eigenvalue weighted by atomic mass is 32.1. The van der Waals surface area contributed by atoms with Crippen LogP contribution in [0.4, 0.5) is 11.4 Å². The smallest absolute Gasteiger partial charge is 0.296 e. The van der Waals surface area contributed by atoms with E-state index in [0.717, 1.165) is 16.1 Å². The van der Waals surface area contributed by atoms with E-state index in [1.807, 2.05) is 36.6 Å². The van der Waals surface area contributed by atoms with Gasteiger partial charge in [0, 0.05) is 17.0 Å². The summed E-state index contributed by atoms with van der Waals surface area (Å²) in [6.07, 6.45) is 0.00785. The quantitative estimate of drug-likeness (QED) is 0.503. The molecule has 8 nitrogen and oxygen atoms in total. The normalized spacial score (nSPS) is 12.4. The van der Waals surface area contributed by atoms with Crippen LogP contribution in [0.3, 0.4) is 0 Å². The summed E-state index contributed by atoms with van der Waals surface area (Å²) in [6.45, 7) is 2.67. The van der Waals surface area contributed by atoms with E-state index in [1.165, 1.54) is 23.5 Å². The summed E-state index contributed by atoms with van der Waals surface area (Å²) in [7, 11) is 0. The van der Waals surface area contributed by atoms with E-state index in [1.54, 1.807) is 0 Å². The van der Waals surface area contributed by atoms with Crippen molar-refractivity contribution < 1.29 is 19.2 Å². The first-order valence-electron chi connectivity index (χ1n) is 8.89. The van der Waals surface area contributed by atoms with Gasteiger partial charge in [-0.3, -0.25) is 14.9 Å². The number of benzene rings is 2. The van der Waals surface area contributed by atoms with Gasteiger partial charge in [0.2, 0.25) is 5.91 Å². The monoisotopic (exact) mass is 411 g/mol. The standard InChI is InChI=1S/C20H17N3O5S/c1-12-3-2-4-13(7-12)20-21-14(11-29-20)8-19(24)22-15-9-17-18(28-6-5-27-17)10-16(15)23(25)26/h2-4,7,9-11H,5-6,8H2,1H3,(H,22,24). The zero-order chi connectivity index (χ0) is 20.4. The van der Waals surface area contributed by atoms with E-state index in [0.29, 0.717) is 30.4 Å². The maximum absolute atomic E-state index is 12.5. The molecule has 9 heteroatoms. The number of thiazole rings is 1. The first-order chi connectivity index (χ1) is 14.0. The van der Waals surface area contributed by atoms with E-state index < -0.39 is 10.8 Å². The number of nitro benzene ring substituents is 1. The second-order valence-corrected chi connectivity index (χ2v) is 7.37. The molecule has 3 aromatic rings. The molecule has 1 aliphatic rings. The number of amides is 1. The Morgan fingerprint density at radius 3 is 2.72 bits per heavy atom. The lowest BCUT2D eigenvalue weighted by Crippen LogP contribution is -2.18. The molecule has 0 atom stereocenters. The molecule has 0 saturated heterocycles. The molecule has 0 saturated carbocycles. The molecule has 0 aliphatic carbocycles. The first-order valence-corrected chi connectivity index (χ1v) is 9.77. The fraction of sp³-hybridized carbons (Fsp3) is 0.200. The van der Waals surface area contributed by atoms with Crippen molar-refractivity contribution in [2.75, 3.05) is 18.5 Å². The summed E-state index contributed by atoms with van der Waals surface area (Å²) in [4.78, 5) is 27.8. The number of aromatic nitrogens is 1. The van der Waals surface area contributed by atoms with Crippen LogP contribution in [0.15, 0.2) is 41.8 Å². The molecule has 1 amide bonds. The number of fused-ring (bicyclic) bond motifs is 1. The van der Waals surface area contributed by atoms with Gasteiger partial charge in [-0.15, -0.1) is 11.3 Å². The number of hydrogen-bond acceptors (Lipinski definition) is 7.